The molecule has 0 aromatic heterocycles. The molecule has 2 aliphatic heterocycles. The lowest BCUT2D eigenvalue weighted by atomic mass is 9.94. The molecule has 0 fully saturated rings. The predicted octanol–water partition coefficient (Wildman–Crippen LogP) is 3.39. The SMILES string of the molecule is Cc1ccccc1CN1CCOc2cc3c(c(C)c21)CCNCC3. The van der Waals surface area contributed by atoms with Crippen LogP contribution in [0.25, 0.3) is 0 Å². The number of benzene rings is 2. The Kier molecular flexibility index (Phi) is 4.19. The minimum atomic E-state index is 0.773. The predicted molar refractivity (Wildman–Crippen MR) is 99.2 cm³/mol. The summed E-state index contributed by atoms with van der Waals surface area (Å²) in [6.07, 6.45) is 2.22. The van der Waals surface area contributed by atoms with E-state index in [2.05, 4.69) is 54.4 Å². The first-order valence-electron chi connectivity index (χ1n) is 9.02. The van der Waals surface area contributed by atoms with Gasteiger partial charge in [-0.15, -0.1) is 0 Å². The van der Waals surface area contributed by atoms with Crippen LogP contribution >= 0.6 is 0 Å². The van der Waals surface area contributed by atoms with Gasteiger partial charge in [0.15, 0.2) is 0 Å². The summed E-state index contributed by atoms with van der Waals surface area (Å²) in [4.78, 5) is 2.51. The Morgan fingerprint density at radius 2 is 1.96 bits per heavy atom. The van der Waals surface area contributed by atoms with Crippen LogP contribution in [-0.2, 0) is 19.4 Å². The van der Waals surface area contributed by atoms with Crippen LogP contribution in [0.1, 0.15) is 27.8 Å². The Hall–Kier alpha value is -2.00. The van der Waals surface area contributed by atoms with Gasteiger partial charge in [0.25, 0.3) is 0 Å². The van der Waals surface area contributed by atoms with E-state index in [-0.39, 0.29) is 0 Å². The van der Waals surface area contributed by atoms with Gasteiger partial charge in [-0.05, 0) is 73.7 Å². The van der Waals surface area contributed by atoms with Crippen molar-refractivity contribution >= 4 is 5.69 Å². The fourth-order valence-electron chi connectivity index (χ4n) is 4.05. The molecule has 0 saturated heterocycles. The first kappa shape index (κ1) is 15.5. The number of nitrogens with zero attached hydrogens (tertiary/aromatic N) is 1. The van der Waals surface area contributed by atoms with E-state index in [1.807, 2.05) is 0 Å². The molecule has 126 valence electrons. The second-order valence-electron chi connectivity index (χ2n) is 6.93. The second kappa shape index (κ2) is 6.48. The van der Waals surface area contributed by atoms with Crippen molar-refractivity contribution < 1.29 is 4.74 Å². The van der Waals surface area contributed by atoms with Gasteiger partial charge in [0.05, 0.1) is 12.2 Å². The van der Waals surface area contributed by atoms with E-state index >= 15 is 0 Å². The maximum Gasteiger partial charge on any atom is 0.143 e. The van der Waals surface area contributed by atoms with E-state index in [1.165, 1.54) is 33.5 Å². The van der Waals surface area contributed by atoms with Crippen LogP contribution in [0, 0.1) is 13.8 Å². The van der Waals surface area contributed by atoms with Crippen molar-refractivity contribution in [2.24, 2.45) is 0 Å². The molecule has 0 radical (unpaired) electrons. The molecule has 0 aliphatic carbocycles. The zero-order chi connectivity index (χ0) is 16.5. The van der Waals surface area contributed by atoms with Crippen LogP contribution in [-0.4, -0.2) is 26.2 Å². The standard InChI is InChI=1S/C21H26N2O/c1-15-5-3-4-6-18(15)14-23-11-12-24-20-13-17-7-9-22-10-8-19(17)16(2)21(20)23/h3-6,13,22H,7-12,14H2,1-2H3. The lowest BCUT2D eigenvalue weighted by Crippen LogP contribution is -2.33. The highest BCUT2D eigenvalue weighted by Crippen LogP contribution is 2.40. The Bertz CT molecular complexity index is 754. The van der Waals surface area contributed by atoms with E-state index < -0.39 is 0 Å². The van der Waals surface area contributed by atoms with Gasteiger partial charge in [-0.1, -0.05) is 24.3 Å². The van der Waals surface area contributed by atoms with Gasteiger partial charge in [-0.25, -0.2) is 0 Å². The summed E-state index contributed by atoms with van der Waals surface area (Å²) < 4.78 is 6.05. The molecule has 24 heavy (non-hydrogen) atoms. The minimum absolute atomic E-state index is 0.773. The van der Waals surface area contributed by atoms with E-state index in [0.29, 0.717) is 0 Å². The van der Waals surface area contributed by atoms with Gasteiger partial charge in [-0.3, -0.25) is 0 Å². The first-order valence-corrected chi connectivity index (χ1v) is 9.02. The Morgan fingerprint density at radius 1 is 1.12 bits per heavy atom. The van der Waals surface area contributed by atoms with Gasteiger partial charge in [0.2, 0.25) is 0 Å². The molecule has 2 aromatic rings. The highest BCUT2D eigenvalue weighted by atomic mass is 16.5. The molecular formula is C21H26N2O. The van der Waals surface area contributed by atoms with Gasteiger partial charge >= 0.3 is 0 Å². The smallest absolute Gasteiger partial charge is 0.143 e. The molecule has 2 aliphatic rings. The fraction of sp³-hybridized carbons (Fsp3) is 0.429. The van der Waals surface area contributed by atoms with Crippen molar-refractivity contribution in [3.63, 3.8) is 0 Å². The third-order valence-corrected chi connectivity index (χ3v) is 5.41. The average molecular weight is 322 g/mol. The quantitative estimate of drug-likeness (QED) is 0.917. The topological polar surface area (TPSA) is 24.5 Å². The number of anilines is 1. The van der Waals surface area contributed by atoms with Crippen molar-refractivity contribution in [3.8, 4) is 5.75 Å². The summed E-state index contributed by atoms with van der Waals surface area (Å²) >= 11 is 0. The average Bonchev–Trinajstić information content (AvgIpc) is 2.83. The van der Waals surface area contributed by atoms with Crippen molar-refractivity contribution in [3.05, 3.63) is 58.1 Å². The maximum absolute atomic E-state index is 6.05. The highest BCUT2D eigenvalue weighted by molar-refractivity contribution is 5.69. The number of hydrogen-bond donors (Lipinski definition) is 1. The molecule has 3 heteroatoms. The van der Waals surface area contributed by atoms with Gasteiger partial charge < -0.3 is 15.0 Å². The maximum atomic E-state index is 6.05. The molecule has 0 spiro atoms. The summed E-state index contributed by atoms with van der Waals surface area (Å²) in [6, 6.07) is 11.0. The summed E-state index contributed by atoms with van der Waals surface area (Å²) in [5.41, 5.74) is 8.49. The highest BCUT2D eigenvalue weighted by Gasteiger charge is 2.25. The normalized spacial score (nSPS) is 16.8. The van der Waals surface area contributed by atoms with E-state index in [4.69, 9.17) is 4.74 Å². The second-order valence-corrected chi connectivity index (χ2v) is 6.93. The molecule has 2 heterocycles. The molecular weight excluding hydrogens is 296 g/mol. The molecule has 0 saturated carbocycles. The van der Waals surface area contributed by atoms with Crippen molar-refractivity contribution in [1.82, 2.24) is 5.32 Å². The lowest BCUT2D eigenvalue weighted by molar-refractivity contribution is 0.306. The molecule has 1 N–H and O–H groups in total. The zero-order valence-corrected chi connectivity index (χ0v) is 14.7. The van der Waals surface area contributed by atoms with Gasteiger partial charge in [0, 0.05) is 6.54 Å². The summed E-state index contributed by atoms with van der Waals surface area (Å²) in [5, 5.41) is 3.52. The van der Waals surface area contributed by atoms with Crippen molar-refractivity contribution in [2.75, 3.05) is 31.1 Å². The van der Waals surface area contributed by atoms with Crippen LogP contribution < -0.4 is 15.0 Å². The number of nitrogens with one attached hydrogen (secondary N) is 1. The summed E-state index contributed by atoms with van der Waals surface area (Å²) in [7, 11) is 0. The van der Waals surface area contributed by atoms with E-state index in [1.54, 1.807) is 0 Å². The molecule has 2 aromatic carbocycles. The van der Waals surface area contributed by atoms with Crippen LogP contribution in [0.5, 0.6) is 5.75 Å². The monoisotopic (exact) mass is 322 g/mol. The summed E-state index contributed by atoms with van der Waals surface area (Å²) in [5.74, 6) is 1.08. The molecule has 0 amide bonds. The number of aryl methyl sites for hydroxylation is 1. The Labute approximate surface area is 144 Å². The lowest BCUT2D eigenvalue weighted by Gasteiger charge is -2.34. The van der Waals surface area contributed by atoms with Crippen molar-refractivity contribution in [2.45, 2.75) is 33.2 Å². The Balaban J connectivity index is 1.74. The van der Waals surface area contributed by atoms with Crippen LogP contribution in [0.3, 0.4) is 0 Å². The summed E-state index contributed by atoms with van der Waals surface area (Å²) in [6.45, 7) is 9.31. The zero-order valence-electron chi connectivity index (χ0n) is 14.7. The number of hydrogen-bond acceptors (Lipinski definition) is 3. The largest absolute Gasteiger partial charge is 0.490 e. The van der Waals surface area contributed by atoms with Gasteiger partial charge in [-0.2, -0.15) is 0 Å². The number of fused-ring (bicyclic) bond motifs is 2. The third-order valence-electron chi connectivity index (χ3n) is 5.41. The van der Waals surface area contributed by atoms with Crippen LogP contribution in [0.15, 0.2) is 30.3 Å². The Morgan fingerprint density at radius 3 is 2.83 bits per heavy atom. The third kappa shape index (κ3) is 2.78. The molecule has 4 rings (SSSR count). The van der Waals surface area contributed by atoms with E-state index in [9.17, 15) is 0 Å². The molecule has 3 nitrogen and oxygen atoms in total. The van der Waals surface area contributed by atoms with Crippen LogP contribution in [0.2, 0.25) is 0 Å². The van der Waals surface area contributed by atoms with Gasteiger partial charge in [0.1, 0.15) is 12.4 Å². The van der Waals surface area contributed by atoms with Crippen LogP contribution in [0.4, 0.5) is 5.69 Å². The molecule has 0 unspecified atom stereocenters. The fourth-order valence-corrected chi connectivity index (χ4v) is 4.05. The van der Waals surface area contributed by atoms with Crippen molar-refractivity contribution in [1.29, 1.82) is 0 Å². The number of rotatable bonds is 2. The first-order chi connectivity index (χ1) is 11.7. The minimum Gasteiger partial charge on any atom is -0.490 e. The number of ether oxygens (including phenoxy) is 1. The molecule has 0 bridgehead atoms. The molecule has 0 atom stereocenters. The van der Waals surface area contributed by atoms with E-state index in [0.717, 1.165) is 51.4 Å².